The minimum atomic E-state index is -1.62. The van der Waals surface area contributed by atoms with Gasteiger partial charge in [-0.05, 0) is 66.2 Å². The Morgan fingerprint density at radius 3 is 1.79 bits per heavy atom. The minimum Gasteiger partial charge on any atom is -0.455 e. The van der Waals surface area contributed by atoms with E-state index in [-0.39, 0.29) is 0 Å². The zero-order valence-electron chi connectivity index (χ0n) is 26.8. The summed E-state index contributed by atoms with van der Waals surface area (Å²) in [4.78, 5) is 0. The number of para-hydroxylation sites is 1. The Hall–Kier alpha value is -5.44. The molecule has 0 radical (unpaired) electrons. The molecule has 0 saturated heterocycles. The first-order chi connectivity index (χ1) is 23.0. The van der Waals surface area contributed by atoms with Crippen molar-refractivity contribution >= 4 is 67.5 Å². The highest BCUT2D eigenvalue weighted by atomic mass is 28.3. The summed E-state index contributed by atoms with van der Waals surface area (Å²) in [5, 5.41) is 11.4. The van der Waals surface area contributed by atoms with Crippen molar-refractivity contribution in [1.82, 2.24) is 0 Å². The maximum Gasteiger partial charge on any atom is 0.143 e. The van der Waals surface area contributed by atoms with Crippen molar-refractivity contribution in [3.8, 4) is 33.4 Å². The smallest absolute Gasteiger partial charge is 0.143 e. The second kappa shape index (κ2) is 10.6. The number of hydrogen-bond acceptors (Lipinski definition) is 1. The Kier molecular flexibility index (Phi) is 6.25. The van der Waals surface area contributed by atoms with Gasteiger partial charge in [-0.3, -0.25) is 0 Å². The van der Waals surface area contributed by atoms with Crippen LogP contribution in [-0.2, 0) is 0 Å². The number of furan rings is 1. The van der Waals surface area contributed by atoms with Gasteiger partial charge in [-0.2, -0.15) is 0 Å². The molecule has 0 aliphatic carbocycles. The van der Waals surface area contributed by atoms with E-state index >= 15 is 0 Å². The van der Waals surface area contributed by atoms with E-state index in [1.807, 2.05) is 0 Å². The molecule has 9 aromatic rings. The number of rotatable bonds is 4. The van der Waals surface area contributed by atoms with Gasteiger partial charge in [0.2, 0.25) is 0 Å². The fourth-order valence-corrected chi connectivity index (χ4v) is 8.73. The lowest BCUT2D eigenvalue weighted by Gasteiger charge is -2.22. The van der Waals surface area contributed by atoms with Gasteiger partial charge in [-0.25, -0.2) is 0 Å². The minimum absolute atomic E-state index is 0.912. The van der Waals surface area contributed by atoms with Crippen LogP contribution in [0.4, 0.5) is 0 Å². The van der Waals surface area contributed by atoms with E-state index in [1.54, 1.807) is 0 Å². The molecule has 8 aromatic carbocycles. The van der Waals surface area contributed by atoms with Crippen molar-refractivity contribution in [2.75, 3.05) is 0 Å². The molecular formula is C45H34OSi. The molecule has 0 spiro atoms. The molecule has 0 bridgehead atoms. The largest absolute Gasteiger partial charge is 0.455 e. The van der Waals surface area contributed by atoms with E-state index in [9.17, 15) is 0 Å². The number of benzene rings is 8. The lowest BCUT2D eigenvalue weighted by Crippen LogP contribution is -2.37. The monoisotopic (exact) mass is 618 g/mol. The van der Waals surface area contributed by atoms with Crippen molar-refractivity contribution in [3.63, 3.8) is 0 Å². The molecule has 0 aliphatic rings. The summed E-state index contributed by atoms with van der Waals surface area (Å²) in [6.07, 6.45) is 0. The van der Waals surface area contributed by atoms with Gasteiger partial charge >= 0.3 is 0 Å². The Morgan fingerprint density at radius 1 is 0.426 bits per heavy atom. The molecule has 0 atom stereocenters. The molecule has 47 heavy (non-hydrogen) atoms. The second-order valence-electron chi connectivity index (χ2n) is 13.7. The molecule has 0 aliphatic heterocycles. The summed E-state index contributed by atoms with van der Waals surface area (Å²) in [7, 11) is -1.62. The first kappa shape index (κ1) is 27.8. The summed E-state index contributed by atoms with van der Waals surface area (Å²) >= 11 is 0. The topological polar surface area (TPSA) is 13.1 Å². The zero-order chi connectivity index (χ0) is 31.7. The van der Waals surface area contributed by atoms with Crippen LogP contribution in [0.25, 0.3) is 87.6 Å². The predicted octanol–water partition coefficient (Wildman–Crippen LogP) is 12.6. The normalized spacial score (nSPS) is 12.1. The van der Waals surface area contributed by atoms with Gasteiger partial charge in [-0.15, -0.1) is 0 Å². The van der Waals surface area contributed by atoms with Crippen molar-refractivity contribution in [2.24, 2.45) is 0 Å². The first-order valence-corrected chi connectivity index (χ1v) is 19.9. The van der Waals surface area contributed by atoms with Gasteiger partial charge < -0.3 is 4.42 Å². The molecule has 9 rings (SSSR count). The summed E-state index contributed by atoms with van der Waals surface area (Å²) < 4.78 is 6.73. The Bertz CT molecular complexity index is 2650. The maximum absolute atomic E-state index is 6.73. The average Bonchev–Trinajstić information content (AvgIpc) is 3.50. The maximum atomic E-state index is 6.73. The highest BCUT2D eigenvalue weighted by molar-refractivity contribution is 6.88. The third-order valence-corrected chi connectivity index (χ3v) is 11.9. The van der Waals surface area contributed by atoms with Crippen LogP contribution in [0.3, 0.4) is 0 Å². The Labute approximate surface area is 275 Å². The quantitative estimate of drug-likeness (QED) is 0.141. The Balaban J connectivity index is 1.45. The molecule has 0 N–H and O–H groups in total. The van der Waals surface area contributed by atoms with Crippen molar-refractivity contribution in [3.05, 3.63) is 152 Å². The number of fused-ring (bicyclic) bond motifs is 6. The van der Waals surface area contributed by atoms with Gasteiger partial charge in [0, 0.05) is 16.3 Å². The van der Waals surface area contributed by atoms with Crippen LogP contribution in [-0.4, -0.2) is 8.07 Å². The molecule has 224 valence electrons. The lowest BCUT2D eigenvalue weighted by molar-refractivity contribution is 0.670. The first-order valence-electron chi connectivity index (χ1n) is 16.4. The second-order valence-corrected chi connectivity index (χ2v) is 18.7. The van der Waals surface area contributed by atoms with Crippen molar-refractivity contribution in [1.29, 1.82) is 0 Å². The molecule has 1 heterocycles. The summed E-state index contributed by atoms with van der Waals surface area (Å²) in [6, 6.07) is 55.5. The van der Waals surface area contributed by atoms with Gasteiger partial charge in [0.05, 0.1) is 8.07 Å². The molecule has 1 nitrogen and oxygen atoms in total. The highest BCUT2D eigenvalue weighted by Crippen LogP contribution is 2.48. The van der Waals surface area contributed by atoms with E-state index in [0.29, 0.717) is 0 Å². The van der Waals surface area contributed by atoms with Gasteiger partial charge in [0.25, 0.3) is 0 Å². The van der Waals surface area contributed by atoms with Gasteiger partial charge in [0.15, 0.2) is 0 Å². The lowest BCUT2D eigenvalue weighted by atomic mass is 9.84. The SMILES string of the molecule is C[Si](C)(C)c1ccc2c(-c3cccc4oc5c(-c6ccccc6)cccc5c34)c3ccccc3c(-c3cccc4ccccc34)c2c1. The molecule has 0 amide bonds. The third kappa shape index (κ3) is 4.36. The third-order valence-electron chi connectivity index (χ3n) is 9.83. The number of hydrogen-bond donors (Lipinski definition) is 0. The van der Waals surface area contributed by atoms with Crippen molar-refractivity contribution < 1.29 is 4.42 Å². The molecule has 0 unspecified atom stereocenters. The summed E-state index contributed by atoms with van der Waals surface area (Å²) in [5.74, 6) is 0. The van der Waals surface area contributed by atoms with E-state index < -0.39 is 8.07 Å². The summed E-state index contributed by atoms with van der Waals surface area (Å²) in [5.41, 5.74) is 9.19. The van der Waals surface area contributed by atoms with Crippen LogP contribution in [0.5, 0.6) is 0 Å². The van der Waals surface area contributed by atoms with Crippen LogP contribution in [0.15, 0.2) is 156 Å². The zero-order valence-corrected chi connectivity index (χ0v) is 27.8. The molecular weight excluding hydrogens is 585 g/mol. The molecule has 0 saturated carbocycles. The molecule has 2 heteroatoms. The van der Waals surface area contributed by atoms with Crippen LogP contribution in [0.1, 0.15) is 0 Å². The standard InChI is InChI=1S/C45H34OSi/c1-47(2,3)31-26-27-37-40(28-31)43(34-22-11-17-29-16-7-8-18-32(29)34)36-20-10-9-19-35(36)42(37)38-23-13-25-41-44(38)39-24-12-21-33(45(39)46-41)30-14-5-4-6-15-30/h4-28H,1-3H3. The van der Waals surface area contributed by atoms with E-state index in [4.69, 9.17) is 4.42 Å². The predicted molar refractivity (Wildman–Crippen MR) is 206 cm³/mol. The molecule has 1 aromatic heterocycles. The van der Waals surface area contributed by atoms with Crippen LogP contribution in [0, 0.1) is 0 Å². The van der Waals surface area contributed by atoms with E-state index in [1.165, 1.54) is 65.1 Å². The van der Waals surface area contributed by atoms with Gasteiger partial charge in [-0.1, -0.05) is 170 Å². The van der Waals surface area contributed by atoms with Gasteiger partial charge in [0.1, 0.15) is 11.2 Å². The fraction of sp³-hybridized carbons (Fsp3) is 0.0667. The Morgan fingerprint density at radius 2 is 1.00 bits per heavy atom. The fourth-order valence-electron chi connectivity index (χ4n) is 7.57. The summed E-state index contributed by atoms with van der Waals surface area (Å²) in [6.45, 7) is 7.32. The highest BCUT2D eigenvalue weighted by Gasteiger charge is 2.24. The average molecular weight is 619 g/mol. The van der Waals surface area contributed by atoms with E-state index in [0.717, 1.165) is 27.7 Å². The van der Waals surface area contributed by atoms with Crippen molar-refractivity contribution in [2.45, 2.75) is 19.6 Å². The van der Waals surface area contributed by atoms with Crippen LogP contribution < -0.4 is 5.19 Å². The molecule has 0 fully saturated rings. The van der Waals surface area contributed by atoms with Crippen LogP contribution >= 0.6 is 0 Å². The van der Waals surface area contributed by atoms with E-state index in [2.05, 4.69) is 171 Å². The van der Waals surface area contributed by atoms with Crippen LogP contribution in [0.2, 0.25) is 19.6 Å².